The standard InChI is InChI=1S/C14H15F3N4O2/c1-19-4-3-13(8-19,14(15,16)17)21-7-9-6-18-20(2)12(23)10(9)5-11(21)22/h5-7H,3-4,8H2,1-2H3/t13-/m1/s1. The largest absolute Gasteiger partial charge is 0.413 e. The van der Waals surface area contributed by atoms with E-state index in [1.807, 2.05) is 0 Å². The van der Waals surface area contributed by atoms with Crippen LogP contribution < -0.4 is 11.1 Å². The number of hydrogen-bond acceptors (Lipinski definition) is 4. The third-order valence-corrected chi connectivity index (χ3v) is 4.41. The lowest BCUT2D eigenvalue weighted by Gasteiger charge is -2.33. The Morgan fingerprint density at radius 2 is 1.96 bits per heavy atom. The first-order valence-electron chi connectivity index (χ1n) is 7.00. The van der Waals surface area contributed by atoms with E-state index < -0.39 is 22.8 Å². The zero-order chi connectivity index (χ0) is 17.0. The van der Waals surface area contributed by atoms with Gasteiger partial charge in [-0.1, -0.05) is 0 Å². The zero-order valence-electron chi connectivity index (χ0n) is 12.6. The van der Waals surface area contributed by atoms with E-state index in [1.165, 1.54) is 18.1 Å². The molecule has 0 amide bonds. The van der Waals surface area contributed by atoms with Gasteiger partial charge < -0.3 is 4.90 Å². The van der Waals surface area contributed by atoms with E-state index in [0.717, 1.165) is 16.9 Å². The van der Waals surface area contributed by atoms with Crippen LogP contribution in [0.15, 0.2) is 28.0 Å². The van der Waals surface area contributed by atoms with Gasteiger partial charge in [-0.25, -0.2) is 4.68 Å². The third-order valence-electron chi connectivity index (χ3n) is 4.41. The summed E-state index contributed by atoms with van der Waals surface area (Å²) in [6.45, 7) is -0.0705. The van der Waals surface area contributed by atoms with Crippen molar-refractivity contribution in [2.75, 3.05) is 20.1 Å². The molecule has 1 atom stereocenters. The van der Waals surface area contributed by atoms with Crippen molar-refractivity contribution in [3.05, 3.63) is 39.2 Å². The number of nitrogens with zero attached hydrogens (tertiary/aromatic N) is 4. The number of pyridine rings is 1. The van der Waals surface area contributed by atoms with E-state index in [4.69, 9.17) is 0 Å². The van der Waals surface area contributed by atoms with Crippen molar-refractivity contribution in [1.29, 1.82) is 0 Å². The van der Waals surface area contributed by atoms with Crippen LogP contribution in [-0.4, -0.2) is 45.6 Å². The van der Waals surface area contributed by atoms with E-state index in [2.05, 4.69) is 5.10 Å². The smallest absolute Gasteiger partial charge is 0.304 e. The Hall–Kier alpha value is -2.16. The number of likely N-dealkylation sites (N-methyl/N-ethyl adjacent to an activating group) is 1. The minimum Gasteiger partial charge on any atom is -0.304 e. The van der Waals surface area contributed by atoms with Gasteiger partial charge in [-0.3, -0.25) is 14.2 Å². The van der Waals surface area contributed by atoms with Crippen LogP contribution in [0.2, 0.25) is 0 Å². The van der Waals surface area contributed by atoms with Crippen molar-refractivity contribution < 1.29 is 13.2 Å². The molecule has 2 aromatic heterocycles. The summed E-state index contributed by atoms with van der Waals surface area (Å²) in [4.78, 5) is 25.8. The summed E-state index contributed by atoms with van der Waals surface area (Å²) in [7, 11) is 2.99. The van der Waals surface area contributed by atoms with Gasteiger partial charge in [0, 0.05) is 37.8 Å². The quantitative estimate of drug-likeness (QED) is 0.773. The van der Waals surface area contributed by atoms with Gasteiger partial charge in [-0.15, -0.1) is 0 Å². The van der Waals surface area contributed by atoms with E-state index in [0.29, 0.717) is 4.57 Å². The predicted octanol–water partition coefficient (Wildman–Crippen LogP) is 0.688. The lowest BCUT2D eigenvalue weighted by molar-refractivity contribution is -0.211. The molecule has 3 rings (SSSR count). The van der Waals surface area contributed by atoms with Crippen molar-refractivity contribution in [1.82, 2.24) is 19.2 Å². The van der Waals surface area contributed by atoms with Crippen molar-refractivity contribution in [2.24, 2.45) is 7.05 Å². The summed E-state index contributed by atoms with van der Waals surface area (Å²) < 4.78 is 42.9. The van der Waals surface area contributed by atoms with Crippen molar-refractivity contribution in [3.63, 3.8) is 0 Å². The van der Waals surface area contributed by atoms with Crippen molar-refractivity contribution in [2.45, 2.75) is 18.1 Å². The van der Waals surface area contributed by atoms with Gasteiger partial charge >= 0.3 is 6.18 Å². The average Bonchev–Trinajstić information content (AvgIpc) is 2.86. The summed E-state index contributed by atoms with van der Waals surface area (Å²) in [6, 6.07) is 0.963. The first kappa shape index (κ1) is 15.7. The van der Waals surface area contributed by atoms with E-state index >= 15 is 0 Å². The predicted molar refractivity (Wildman–Crippen MR) is 77.4 cm³/mol. The van der Waals surface area contributed by atoms with E-state index in [-0.39, 0.29) is 30.3 Å². The number of aryl methyl sites for hydroxylation is 1. The van der Waals surface area contributed by atoms with Gasteiger partial charge in [-0.2, -0.15) is 18.3 Å². The van der Waals surface area contributed by atoms with Crippen LogP contribution in [0, 0.1) is 0 Å². The maximum Gasteiger partial charge on any atom is 0.413 e. The Labute approximate surface area is 128 Å². The Morgan fingerprint density at radius 3 is 2.52 bits per heavy atom. The van der Waals surface area contributed by atoms with Crippen LogP contribution in [-0.2, 0) is 12.6 Å². The molecule has 1 aliphatic rings. The number of aromatic nitrogens is 3. The van der Waals surface area contributed by atoms with Crippen LogP contribution in [0.4, 0.5) is 13.2 Å². The van der Waals surface area contributed by atoms with Crippen LogP contribution in [0.25, 0.3) is 10.8 Å². The number of rotatable bonds is 1. The average molecular weight is 328 g/mol. The van der Waals surface area contributed by atoms with Crippen LogP contribution in [0.1, 0.15) is 6.42 Å². The number of hydrogen-bond donors (Lipinski definition) is 0. The summed E-state index contributed by atoms with van der Waals surface area (Å²) in [6.07, 6.45) is -2.41. The molecule has 0 N–H and O–H groups in total. The number of likely N-dealkylation sites (tertiary alicyclic amines) is 1. The Bertz CT molecular complexity index is 886. The topological polar surface area (TPSA) is 60.1 Å². The molecule has 3 heterocycles. The highest BCUT2D eigenvalue weighted by Crippen LogP contribution is 2.42. The normalized spacial score (nSPS) is 22.8. The fraction of sp³-hybridized carbons (Fsp3) is 0.500. The molecule has 0 radical (unpaired) electrons. The lowest BCUT2D eigenvalue weighted by Crippen LogP contribution is -2.53. The molecule has 0 spiro atoms. The summed E-state index contributed by atoms with van der Waals surface area (Å²) >= 11 is 0. The summed E-state index contributed by atoms with van der Waals surface area (Å²) in [5, 5.41) is 4.08. The molecule has 9 heteroatoms. The molecule has 0 bridgehead atoms. The van der Waals surface area contributed by atoms with Gasteiger partial charge in [0.2, 0.25) is 0 Å². The fourth-order valence-electron chi connectivity index (χ4n) is 3.09. The van der Waals surface area contributed by atoms with Crippen molar-refractivity contribution in [3.8, 4) is 0 Å². The lowest BCUT2D eigenvalue weighted by atomic mass is 9.96. The van der Waals surface area contributed by atoms with Gasteiger partial charge in [0.15, 0.2) is 5.54 Å². The maximum absolute atomic E-state index is 13.7. The SMILES string of the molecule is CN1CC[C@](n2cc3cnn(C)c(=O)c3cc2=O)(C(F)(F)F)C1. The molecule has 2 aromatic rings. The number of halogens is 3. The highest BCUT2D eigenvalue weighted by Gasteiger charge is 2.59. The Kier molecular flexibility index (Phi) is 3.36. The first-order chi connectivity index (χ1) is 10.7. The molecule has 124 valence electrons. The molecular formula is C14H15F3N4O2. The number of alkyl halides is 3. The van der Waals surface area contributed by atoms with Gasteiger partial charge in [0.05, 0.1) is 11.6 Å². The fourth-order valence-corrected chi connectivity index (χ4v) is 3.09. The molecule has 1 saturated heterocycles. The second-order valence-corrected chi connectivity index (χ2v) is 5.94. The molecule has 23 heavy (non-hydrogen) atoms. The molecule has 0 saturated carbocycles. The monoisotopic (exact) mass is 328 g/mol. The maximum atomic E-state index is 13.7. The highest BCUT2D eigenvalue weighted by molar-refractivity contribution is 5.79. The van der Waals surface area contributed by atoms with Gasteiger partial charge in [0.1, 0.15) is 0 Å². The second kappa shape index (κ2) is 4.92. The summed E-state index contributed by atoms with van der Waals surface area (Å²) in [5.41, 5.74) is -3.64. The summed E-state index contributed by atoms with van der Waals surface area (Å²) in [5.74, 6) is 0. The molecule has 0 aromatic carbocycles. The third kappa shape index (κ3) is 2.26. The van der Waals surface area contributed by atoms with E-state index in [1.54, 1.807) is 7.05 Å². The van der Waals surface area contributed by atoms with Crippen LogP contribution in [0.3, 0.4) is 0 Å². The molecule has 1 fully saturated rings. The Morgan fingerprint density at radius 1 is 1.26 bits per heavy atom. The second-order valence-electron chi connectivity index (χ2n) is 5.94. The first-order valence-corrected chi connectivity index (χ1v) is 7.00. The Balaban J connectivity index is 2.31. The van der Waals surface area contributed by atoms with Crippen LogP contribution in [0.5, 0.6) is 0 Å². The van der Waals surface area contributed by atoms with Crippen molar-refractivity contribution >= 4 is 10.8 Å². The van der Waals surface area contributed by atoms with Gasteiger partial charge in [-0.05, 0) is 13.5 Å². The van der Waals surface area contributed by atoms with Gasteiger partial charge in [0.25, 0.3) is 11.1 Å². The molecular weight excluding hydrogens is 313 g/mol. The molecule has 0 unspecified atom stereocenters. The minimum absolute atomic E-state index is 0.0624. The molecule has 1 aliphatic heterocycles. The van der Waals surface area contributed by atoms with Crippen LogP contribution >= 0.6 is 0 Å². The minimum atomic E-state index is -4.58. The molecule has 6 nitrogen and oxygen atoms in total. The number of fused-ring (bicyclic) bond motifs is 1. The zero-order valence-corrected chi connectivity index (χ0v) is 12.6. The molecule has 0 aliphatic carbocycles. The highest BCUT2D eigenvalue weighted by atomic mass is 19.4. The van der Waals surface area contributed by atoms with E-state index in [9.17, 15) is 22.8 Å².